The number of nitrogens with one attached hydrogen (secondary N) is 6. The molecule has 80 heavy (non-hydrogen) atoms. The molecule has 3 fully saturated rings. The number of aromatic hydroxyl groups is 1. The van der Waals surface area contributed by atoms with Crippen molar-refractivity contribution in [1.82, 2.24) is 41.7 Å². The Kier molecular flexibility index (Phi) is 28.3. The lowest BCUT2D eigenvalue weighted by atomic mass is 9.91. The van der Waals surface area contributed by atoms with E-state index in [0.717, 1.165) is 48.3 Å². The number of benzene rings is 1. The second-order valence-corrected chi connectivity index (χ2v) is 22.9. The van der Waals surface area contributed by atoms with Crippen LogP contribution in [0.15, 0.2) is 24.3 Å². The fourth-order valence-electron chi connectivity index (χ4n) is 10.3. The number of thioether (sulfide) groups is 1. The zero-order valence-electron chi connectivity index (χ0n) is 46.7. The number of aliphatic hydroxyl groups is 6. The number of nitrogens with two attached hydrogens (primary N) is 2. The van der Waals surface area contributed by atoms with Gasteiger partial charge in [-0.25, -0.2) is 0 Å². The van der Waals surface area contributed by atoms with Gasteiger partial charge in [0.25, 0.3) is 0 Å². The third-order valence-corrected chi connectivity index (χ3v) is 16.3. The molecule has 1 aromatic rings. The van der Waals surface area contributed by atoms with Crippen LogP contribution in [0, 0.1) is 11.8 Å². The van der Waals surface area contributed by atoms with Gasteiger partial charge >= 0.3 is 0 Å². The van der Waals surface area contributed by atoms with Crippen LogP contribution in [0.4, 0.5) is 0 Å². The number of rotatable bonds is 25. The van der Waals surface area contributed by atoms with E-state index in [1.165, 1.54) is 37.6 Å². The number of nitrogens with zero attached hydrogens (tertiary/aromatic N) is 2. The summed E-state index contributed by atoms with van der Waals surface area (Å²) in [6.07, 6.45) is -3.34. The Morgan fingerprint density at radius 3 is 2.04 bits per heavy atom. The summed E-state index contributed by atoms with van der Waals surface area (Å²) in [6, 6.07) is -5.34. The van der Waals surface area contributed by atoms with Gasteiger partial charge in [0.05, 0.1) is 42.4 Å². The summed E-state index contributed by atoms with van der Waals surface area (Å²) >= 11 is 0.698. The SMILES string of the molecule is CCC(C)CC(C)CCCCCCCCC(=O)NC1C[C@@H](O)C(SCC(=O)NCCN)NC(=O)[C@@H]2[C@@H](O)CCN2C(=O)C([C@H](O)CCN)NC(=O)[C@H](C[C@@H](O)c2ccc(O)cc2)NC(=O)C2C[C@@H](O)CN2C(=O)C([C@@H](C)O)NC1=O. The zero-order valence-corrected chi connectivity index (χ0v) is 47.5. The van der Waals surface area contributed by atoms with Gasteiger partial charge in [0.1, 0.15) is 47.4 Å². The first-order valence-electron chi connectivity index (χ1n) is 28.3. The van der Waals surface area contributed by atoms with Crippen molar-refractivity contribution in [2.75, 3.05) is 38.5 Å². The molecular weight excluding hydrogens is 1060 g/mol. The van der Waals surface area contributed by atoms with Crippen molar-refractivity contribution in [2.45, 2.75) is 202 Å². The predicted octanol–water partition coefficient (Wildman–Crippen LogP) is -2.02. The fourth-order valence-corrected chi connectivity index (χ4v) is 11.3. The van der Waals surface area contributed by atoms with Gasteiger partial charge in [0.15, 0.2) is 0 Å². The Bertz CT molecular complexity index is 2180. The van der Waals surface area contributed by atoms with Gasteiger partial charge in [-0.3, -0.25) is 38.4 Å². The van der Waals surface area contributed by atoms with Crippen molar-refractivity contribution in [2.24, 2.45) is 23.3 Å². The molecule has 4 rings (SSSR count). The van der Waals surface area contributed by atoms with Crippen LogP contribution in [-0.2, 0) is 38.4 Å². The van der Waals surface area contributed by atoms with E-state index in [0.29, 0.717) is 36.4 Å². The van der Waals surface area contributed by atoms with Crippen molar-refractivity contribution in [3.63, 3.8) is 0 Å². The normalized spacial score (nSPS) is 27.5. The van der Waals surface area contributed by atoms with Gasteiger partial charge in [-0.15, -0.1) is 11.8 Å². The molecule has 0 aromatic heterocycles. The lowest BCUT2D eigenvalue weighted by molar-refractivity contribution is -0.146. The van der Waals surface area contributed by atoms with Crippen LogP contribution in [0.25, 0.3) is 0 Å². The van der Waals surface area contributed by atoms with Crippen molar-refractivity contribution >= 4 is 59.0 Å². The Morgan fingerprint density at radius 2 is 1.39 bits per heavy atom. The van der Waals surface area contributed by atoms with E-state index in [9.17, 15) is 74.1 Å². The molecule has 15 atom stereocenters. The number of phenols is 1. The van der Waals surface area contributed by atoms with Crippen LogP contribution in [0.1, 0.15) is 136 Å². The topological polar surface area (TPSA) is 409 Å². The number of phenolic OH excluding ortho intramolecular Hbond substituents is 1. The van der Waals surface area contributed by atoms with Gasteiger partial charge < -0.3 is 88.9 Å². The number of unbranched alkanes of at least 4 members (excludes halogenated alkanes) is 5. The summed E-state index contributed by atoms with van der Waals surface area (Å²) in [5.41, 5.74) is 11.5. The number of aliphatic hydroxyl groups excluding tert-OH is 6. The molecule has 0 bridgehead atoms. The molecule has 7 unspecified atom stereocenters. The van der Waals surface area contributed by atoms with E-state index < -0.39 is 157 Å². The summed E-state index contributed by atoms with van der Waals surface area (Å²) in [4.78, 5) is 116. The maximum atomic E-state index is 14.7. The first kappa shape index (κ1) is 67.3. The van der Waals surface area contributed by atoms with Gasteiger partial charge in [-0.1, -0.05) is 77.8 Å². The third kappa shape index (κ3) is 20.7. The molecule has 0 saturated carbocycles. The van der Waals surface area contributed by atoms with Gasteiger partial charge in [-0.2, -0.15) is 0 Å². The fraction of sp³-hybridized carbons (Fsp3) is 0.741. The minimum absolute atomic E-state index is 0.0437. The molecular formula is C54H90N10O15S. The van der Waals surface area contributed by atoms with Crippen LogP contribution < -0.4 is 43.4 Å². The molecule has 3 aliphatic heterocycles. The molecule has 3 saturated heterocycles. The van der Waals surface area contributed by atoms with Crippen LogP contribution in [0.2, 0.25) is 0 Å². The molecule has 0 aliphatic carbocycles. The molecule has 26 heteroatoms. The largest absolute Gasteiger partial charge is 0.508 e. The predicted molar refractivity (Wildman–Crippen MR) is 296 cm³/mol. The number of carbonyl (C=O) groups excluding carboxylic acids is 8. The van der Waals surface area contributed by atoms with Crippen molar-refractivity contribution in [3.8, 4) is 5.75 Å². The quantitative estimate of drug-likeness (QED) is 0.0470. The number of amides is 8. The van der Waals surface area contributed by atoms with Crippen LogP contribution >= 0.6 is 11.8 Å². The van der Waals surface area contributed by atoms with Crippen molar-refractivity contribution in [3.05, 3.63) is 29.8 Å². The smallest absolute Gasteiger partial charge is 0.248 e. The average molecular weight is 1150 g/mol. The number of carbonyl (C=O) groups is 8. The van der Waals surface area contributed by atoms with E-state index in [4.69, 9.17) is 11.5 Å². The molecule has 25 nitrogen and oxygen atoms in total. The highest BCUT2D eigenvalue weighted by atomic mass is 32.2. The first-order valence-corrected chi connectivity index (χ1v) is 29.3. The minimum Gasteiger partial charge on any atom is -0.508 e. The summed E-state index contributed by atoms with van der Waals surface area (Å²) in [5, 5.41) is 91.8. The van der Waals surface area contributed by atoms with Crippen molar-refractivity contribution in [1.29, 1.82) is 0 Å². The highest BCUT2D eigenvalue weighted by molar-refractivity contribution is 8.00. The minimum atomic E-state index is -1.91. The molecule has 3 aliphatic rings. The van der Waals surface area contributed by atoms with E-state index in [1.807, 2.05) is 0 Å². The van der Waals surface area contributed by atoms with Gasteiger partial charge in [0.2, 0.25) is 47.3 Å². The summed E-state index contributed by atoms with van der Waals surface area (Å²) in [5.74, 6) is -6.95. The maximum absolute atomic E-state index is 14.7. The Morgan fingerprint density at radius 1 is 0.738 bits per heavy atom. The number of hydrogen-bond acceptors (Lipinski definition) is 18. The number of hydrogen-bond donors (Lipinski definition) is 15. The van der Waals surface area contributed by atoms with E-state index in [1.54, 1.807) is 0 Å². The van der Waals surface area contributed by atoms with Crippen molar-refractivity contribution < 1.29 is 74.1 Å². The molecule has 452 valence electrons. The second-order valence-electron chi connectivity index (χ2n) is 21.8. The highest BCUT2D eigenvalue weighted by Gasteiger charge is 2.48. The monoisotopic (exact) mass is 1150 g/mol. The maximum Gasteiger partial charge on any atom is 0.248 e. The van der Waals surface area contributed by atoms with Crippen LogP contribution in [-0.4, -0.2) is 203 Å². The second kappa shape index (κ2) is 33.7. The third-order valence-electron chi connectivity index (χ3n) is 15.1. The van der Waals surface area contributed by atoms with Crippen LogP contribution in [0.5, 0.6) is 5.75 Å². The molecule has 0 spiro atoms. The molecule has 3 heterocycles. The van der Waals surface area contributed by atoms with Gasteiger partial charge in [0, 0.05) is 51.9 Å². The molecule has 0 radical (unpaired) electrons. The van der Waals surface area contributed by atoms with E-state index >= 15 is 0 Å². The standard InChI is InChI=1S/C54H90N10O15S/c1-5-30(2)24-31(3)12-10-8-6-7-9-11-13-43(72)58-36-27-42(71)52(80-29-44(73)57-22-21-56)62-51(77)47-40(69)19-23-63(47)54(79)46(39(68)18-20-55)61-49(75)37(26-41(70)33-14-16-34(66)17-15-33)59-50(76)38-25-35(67)28-64(38)53(78)45(32(4)65)60-48(36)74/h14-17,30-32,35-42,45-47,52,65-71H,5-13,18-29,55-56H2,1-4H3,(H,57,73)(H,58,72)(H,59,76)(H,60,74)(H,61,75)(H,62,77)/t30?,31?,32-,35-,36?,37+,38?,39-,40+,41-,42-,45?,46?,47+,52?/m1/s1. The summed E-state index contributed by atoms with van der Waals surface area (Å²) < 4.78 is 0. The van der Waals surface area contributed by atoms with E-state index in [2.05, 4.69) is 52.7 Å². The first-order chi connectivity index (χ1) is 38.0. The Labute approximate surface area is 472 Å². The van der Waals surface area contributed by atoms with Crippen LogP contribution in [0.3, 0.4) is 0 Å². The average Bonchev–Trinajstić information content (AvgIpc) is 4.10. The Hall–Kier alpha value is -5.19. The molecule has 17 N–H and O–H groups in total. The Balaban J connectivity index is 1.75. The van der Waals surface area contributed by atoms with Gasteiger partial charge in [-0.05, 0) is 68.7 Å². The lowest BCUT2D eigenvalue weighted by Gasteiger charge is -2.34. The molecule has 1 aromatic carbocycles. The number of fused-ring (bicyclic) bond motifs is 2. The summed E-state index contributed by atoms with van der Waals surface area (Å²) in [7, 11) is 0. The lowest BCUT2D eigenvalue weighted by Crippen LogP contribution is -2.62. The molecule has 8 amide bonds. The van der Waals surface area contributed by atoms with E-state index in [-0.39, 0.29) is 56.8 Å². The highest BCUT2D eigenvalue weighted by Crippen LogP contribution is 2.27. The summed E-state index contributed by atoms with van der Waals surface area (Å²) in [6.45, 7) is 7.06. The zero-order chi connectivity index (χ0) is 59.2.